The Morgan fingerprint density at radius 2 is 2.05 bits per heavy atom. The molecule has 1 N–H and O–H groups in total. The van der Waals surface area contributed by atoms with Crippen molar-refractivity contribution in [3.05, 3.63) is 62.8 Å². The lowest BCUT2D eigenvalue weighted by molar-refractivity contribution is 0.0696. The van der Waals surface area contributed by atoms with Crippen LogP contribution in [-0.2, 0) is 6.61 Å². The van der Waals surface area contributed by atoms with Crippen molar-refractivity contribution in [1.29, 1.82) is 0 Å². The van der Waals surface area contributed by atoms with E-state index in [9.17, 15) is 9.18 Å². The number of carbonyl (C=O) groups is 1. The molecule has 0 heterocycles. The summed E-state index contributed by atoms with van der Waals surface area (Å²) in [5, 5.41) is 9.16. The fraction of sp³-hybridized carbons (Fsp3) is 0.0714. The fourth-order valence-electron chi connectivity index (χ4n) is 1.55. The lowest BCUT2D eigenvalue weighted by Gasteiger charge is -2.09. The molecule has 0 radical (unpaired) electrons. The van der Waals surface area contributed by atoms with Gasteiger partial charge in [-0.1, -0.05) is 17.7 Å². The van der Waals surface area contributed by atoms with Crippen LogP contribution in [0.25, 0.3) is 0 Å². The lowest BCUT2D eigenvalue weighted by atomic mass is 10.2. The third kappa shape index (κ3) is 3.49. The largest absolute Gasteiger partial charge is 0.488 e. The molecule has 0 unspecified atom stereocenters. The average Bonchev–Trinajstić information content (AvgIpc) is 2.38. The van der Waals surface area contributed by atoms with E-state index in [4.69, 9.17) is 21.4 Å². The third-order valence-corrected chi connectivity index (χ3v) is 3.43. The first-order chi connectivity index (χ1) is 9.47. The number of aromatic carboxylic acids is 1. The molecule has 0 aliphatic rings. The number of benzene rings is 2. The van der Waals surface area contributed by atoms with E-state index in [0.717, 1.165) is 0 Å². The number of hydrogen-bond acceptors (Lipinski definition) is 2. The van der Waals surface area contributed by atoms with Gasteiger partial charge in [0.2, 0.25) is 0 Å². The molecule has 2 rings (SSSR count). The number of hydrogen-bond donors (Lipinski definition) is 1. The molecule has 0 saturated heterocycles. The van der Waals surface area contributed by atoms with Gasteiger partial charge in [0.15, 0.2) is 0 Å². The van der Waals surface area contributed by atoms with Crippen molar-refractivity contribution < 1.29 is 19.0 Å². The second-order valence-electron chi connectivity index (χ2n) is 3.97. The van der Waals surface area contributed by atoms with Crippen molar-refractivity contribution in [3.63, 3.8) is 0 Å². The molecular formula is C14H9BrClFO3. The zero-order valence-electron chi connectivity index (χ0n) is 10.1. The number of carboxylic acids is 1. The van der Waals surface area contributed by atoms with Gasteiger partial charge in [0.1, 0.15) is 18.2 Å². The first kappa shape index (κ1) is 14.8. The Morgan fingerprint density at radius 3 is 2.65 bits per heavy atom. The number of halogens is 3. The zero-order chi connectivity index (χ0) is 14.7. The summed E-state index contributed by atoms with van der Waals surface area (Å²) in [6.45, 7) is 0.0218. The topological polar surface area (TPSA) is 46.5 Å². The summed E-state index contributed by atoms with van der Waals surface area (Å²) in [6.07, 6.45) is 0. The molecule has 20 heavy (non-hydrogen) atoms. The van der Waals surface area contributed by atoms with E-state index < -0.39 is 11.8 Å². The van der Waals surface area contributed by atoms with Crippen LogP contribution in [0.5, 0.6) is 5.75 Å². The molecule has 3 nitrogen and oxygen atoms in total. The van der Waals surface area contributed by atoms with Crippen LogP contribution < -0.4 is 4.74 Å². The standard InChI is InChI=1S/C14H9BrClFO3/c15-11-5-8(14(18)19)2-4-13(11)20-7-9-1-3-10(16)6-12(9)17/h1-6H,7H2,(H,18,19). The molecule has 0 bridgehead atoms. The molecule has 2 aromatic carbocycles. The van der Waals surface area contributed by atoms with Crippen LogP contribution in [0.3, 0.4) is 0 Å². The summed E-state index contributed by atoms with van der Waals surface area (Å²) in [4.78, 5) is 10.8. The summed E-state index contributed by atoms with van der Waals surface area (Å²) in [6, 6.07) is 8.68. The van der Waals surface area contributed by atoms with Crippen LogP contribution in [-0.4, -0.2) is 11.1 Å². The van der Waals surface area contributed by atoms with Gasteiger partial charge in [-0.05, 0) is 46.3 Å². The molecule has 0 amide bonds. The SMILES string of the molecule is O=C(O)c1ccc(OCc2ccc(Cl)cc2F)c(Br)c1. The molecule has 6 heteroatoms. The van der Waals surface area contributed by atoms with E-state index in [1.807, 2.05) is 0 Å². The normalized spacial score (nSPS) is 10.3. The van der Waals surface area contributed by atoms with Crippen molar-refractivity contribution in [2.45, 2.75) is 6.61 Å². The lowest BCUT2D eigenvalue weighted by Crippen LogP contribution is -2.01. The summed E-state index contributed by atoms with van der Waals surface area (Å²) >= 11 is 8.88. The van der Waals surface area contributed by atoms with Gasteiger partial charge in [-0.25, -0.2) is 9.18 Å². The van der Waals surface area contributed by atoms with Crippen LogP contribution in [0.15, 0.2) is 40.9 Å². The van der Waals surface area contributed by atoms with Gasteiger partial charge >= 0.3 is 5.97 Å². The Balaban J connectivity index is 2.13. The second-order valence-corrected chi connectivity index (χ2v) is 5.27. The summed E-state index contributed by atoms with van der Waals surface area (Å²) in [5.74, 6) is -1.04. The van der Waals surface area contributed by atoms with Crippen molar-refractivity contribution in [2.24, 2.45) is 0 Å². The van der Waals surface area contributed by atoms with Gasteiger partial charge in [0.05, 0.1) is 10.0 Å². The smallest absolute Gasteiger partial charge is 0.335 e. The Bertz CT molecular complexity index is 661. The summed E-state index contributed by atoms with van der Waals surface area (Å²) in [5.41, 5.74) is 0.505. The minimum atomic E-state index is -1.03. The van der Waals surface area contributed by atoms with Crippen molar-refractivity contribution in [2.75, 3.05) is 0 Å². The monoisotopic (exact) mass is 358 g/mol. The van der Waals surface area contributed by atoms with E-state index in [1.54, 1.807) is 6.07 Å². The third-order valence-electron chi connectivity index (χ3n) is 2.58. The average molecular weight is 360 g/mol. The van der Waals surface area contributed by atoms with Gasteiger partial charge in [-0.3, -0.25) is 0 Å². The van der Waals surface area contributed by atoms with Crippen molar-refractivity contribution in [3.8, 4) is 5.75 Å². The van der Waals surface area contributed by atoms with E-state index >= 15 is 0 Å². The van der Waals surface area contributed by atoms with Crippen LogP contribution in [0.2, 0.25) is 5.02 Å². The predicted molar refractivity (Wildman–Crippen MR) is 76.8 cm³/mol. The van der Waals surface area contributed by atoms with Gasteiger partial charge in [-0.15, -0.1) is 0 Å². The molecule has 0 aliphatic carbocycles. The van der Waals surface area contributed by atoms with Crippen LogP contribution >= 0.6 is 27.5 Å². The fourth-order valence-corrected chi connectivity index (χ4v) is 2.20. The molecule has 0 fully saturated rings. The minimum absolute atomic E-state index is 0.0218. The molecule has 0 saturated carbocycles. The molecule has 0 spiro atoms. The summed E-state index contributed by atoms with van der Waals surface area (Å²) < 4.78 is 19.5. The van der Waals surface area contributed by atoms with E-state index in [-0.39, 0.29) is 12.2 Å². The van der Waals surface area contributed by atoms with Gasteiger partial charge in [0.25, 0.3) is 0 Å². The maximum atomic E-state index is 13.6. The maximum Gasteiger partial charge on any atom is 0.335 e. The Kier molecular flexibility index (Phi) is 4.62. The van der Waals surface area contributed by atoms with E-state index in [1.165, 1.54) is 30.3 Å². The highest BCUT2D eigenvalue weighted by molar-refractivity contribution is 9.10. The molecular weight excluding hydrogens is 351 g/mol. The van der Waals surface area contributed by atoms with Gasteiger partial charge in [-0.2, -0.15) is 0 Å². The Morgan fingerprint density at radius 1 is 1.30 bits per heavy atom. The van der Waals surface area contributed by atoms with Crippen LogP contribution in [0.4, 0.5) is 4.39 Å². The molecule has 0 aliphatic heterocycles. The molecule has 104 valence electrons. The molecule has 0 aromatic heterocycles. The summed E-state index contributed by atoms with van der Waals surface area (Å²) in [7, 11) is 0. The number of carboxylic acid groups (broad SMARTS) is 1. The highest BCUT2D eigenvalue weighted by atomic mass is 79.9. The Labute approximate surface area is 128 Å². The first-order valence-electron chi connectivity index (χ1n) is 5.57. The van der Waals surface area contributed by atoms with Gasteiger partial charge < -0.3 is 9.84 Å². The quantitative estimate of drug-likeness (QED) is 0.873. The highest BCUT2D eigenvalue weighted by Crippen LogP contribution is 2.27. The first-order valence-corrected chi connectivity index (χ1v) is 6.74. The van der Waals surface area contributed by atoms with E-state index in [0.29, 0.717) is 20.8 Å². The minimum Gasteiger partial charge on any atom is -0.488 e. The van der Waals surface area contributed by atoms with Crippen LogP contribution in [0, 0.1) is 5.82 Å². The predicted octanol–water partition coefficient (Wildman–Crippen LogP) is 4.52. The van der Waals surface area contributed by atoms with Gasteiger partial charge in [0, 0.05) is 10.6 Å². The van der Waals surface area contributed by atoms with Crippen molar-refractivity contribution in [1.82, 2.24) is 0 Å². The Hall–Kier alpha value is -1.59. The second kappa shape index (κ2) is 6.24. The highest BCUT2D eigenvalue weighted by Gasteiger charge is 2.09. The number of ether oxygens (including phenoxy) is 1. The van der Waals surface area contributed by atoms with E-state index in [2.05, 4.69) is 15.9 Å². The van der Waals surface area contributed by atoms with Crippen molar-refractivity contribution >= 4 is 33.5 Å². The maximum absolute atomic E-state index is 13.6. The number of rotatable bonds is 4. The molecule has 2 aromatic rings. The zero-order valence-corrected chi connectivity index (χ0v) is 12.4. The molecule has 0 atom stereocenters. The van der Waals surface area contributed by atoms with Crippen LogP contribution in [0.1, 0.15) is 15.9 Å².